The first-order chi connectivity index (χ1) is 13.6. The Hall–Kier alpha value is -3.19. The molecule has 0 saturated carbocycles. The van der Waals surface area contributed by atoms with E-state index in [4.69, 9.17) is 0 Å². The lowest BCUT2D eigenvalue weighted by atomic mass is 10.2. The van der Waals surface area contributed by atoms with E-state index in [0.29, 0.717) is 18.2 Å². The summed E-state index contributed by atoms with van der Waals surface area (Å²) in [6.45, 7) is -1.92. The average Bonchev–Trinajstić information content (AvgIpc) is 2.58. The van der Waals surface area contributed by atoms with Crippen LogP contribution in [0, 0.1) is 0 Å². The van der Waals surface area contributed by atoms with E-state index in [1.807, 2.05) is 10.6 Å². The van der Waals surface area contributed by atoms with Crippen molar-refractivity contribution in [2.75, 3.05) is 17.2 Å². The number of amides is 2. The number of hydrogen-bond acceptors (Lipinski definition) is 3. The number of alkyl halides is 9. The van der Waals surface area contributed by atoms with Gasteiger partial charge >= 0.3 is 24.6 Å². The van der Waals surface area contributed by atoms with Crippen LogP contribution in [-0.4, -0.2) is 23.8 Å². The molecule has 0 radical (unpaired) electrons. The Morgan fingerprint density at radius 2 is 1.40 bits per heavy atom. The highest BCUT2D eigenvalue weighted by Crippen LogP contribution is 2.33. The largest absolute Gasteiger partial charge is 0.468 e. The molecule has 0 atom stereocenters. The molecule has 14 heteroatoms. The molecular formula is C16H10F9N3O2. The third-order valence-corrected chi connectivity index (χ3v) is 3.22. The van der Waals surface area contributed by atoms with Gasteiger partial charge in [-0.1, -0.05) is 0 Å². The van der Waals surface area contributed by atoms with E-state index in [-0.39, 0.29) is 11.8 Å². The van der Waals surface area contributed by atoms with Crippen molar-refractivity contribution in [2.24, 2.45) is 0 Å². The van der Waals surface area contributed by atoms with Crippen LogP contribution in [0.25, 0.3) is 0 Å². The van der Waals surface area contributed by atoms with E-state index < -0.39 is 54.0 Å². The minimum absolute atomic E-state index is 0.138. The Kier molecular flexibility index (Phi) is 6.37. The van der Waals surface area contributed by atoms with Crippen molar-refractivity contribution in [3.05, 3.63) is 47.5 Å². The standard InChI is InChI=1S/C16H10F9N3O2/c17-14(18,19)7-30-12-6-9(16(23,24)25)5-11(27-12)28-13(29)26-10-3-1-8(2-4-10)15(20,21)22/h1-6H,7H2,(H2,26,27,28,29). The summed E-state index contributed by atoms with van der Waals surface area (Å²) in [6.07, 6.45) is -14.4. The van der Waals surface area contributed by atoms with E-state index >= 15 is 0 Å². The number of urea groups is 1. The van der Waals surface area contributed by atoms with Gasteiger partial charge in [-0.05, 0) is 30.3 Å². The van der Waals surface area contributed by atoms with Gasteiger partial charge in [0.15, 0.2) is 6.61 Å². The molecule has 0 aliphatic rings. The van der Waals surface area contributed by atoms with Crippen molar-refractivity contribution < 1.29 is 49.0 Å². The van der Waals surface area contributed by atoms with Crippen LogP contribution in [0.5, 0.6) is 5.88 Å². The zero-order chi connectivity index (χ0) is 22.7. The summed E-state index contributed by atoms with van der Waals surface area (Å²) in [5.74, 6) is -1.85. The van der Waals surface area contributed by atoms with Crippen LogP contribution in [0.1, 0.15) is 11.1 Å². The van der Waals surface area contributed by atoms with Gasteiger partial charge in [0.05, 0.1) is 11.1 Å². The highest BCUT2D eigenvalue weighted by Gasteiger charge is 2.34. The van der Waals surface area contributed by atoms with Crippen LogP contribution >= 0.6 is 0 Å². The molecule has 0 saturated heterocycles. The molecule has 0 spiro atoms. The normalized spacial score (nSPS) is 12.4. The summed E-state index contributed by atoms with van der Waals surface area (Å²) in [6, 6.07) is 2.43. The van der Waals surface area contributed by atoms with Gasteiger partial charge in [-0.25, -0.2) is 4.79 Å². The molecule has 1 aromatic heterocycles. The van der Waals surface area contributed by atoms with E-state index in [1.165, 1.54) is 0 Å². The van der Waals surface area contributed by atoms with Crippen LogP contribution in [0.4, 0.5) is 55.8 Å². The molecule has 1 heterocycles. The second kappa shape index (κ2) is 8.28. The quantitative estimate of drug-likeness (QED) is 0.591. The lowest BCUT2D eigenvalue weighted by molar-refractivity contribution is -0.154. The third-order valence-electron chi connectivity index (χ3n) is 3.22. The minimum Gasteiger partial charge on any atom is -0.468 e. The van der Waals surface area contributed by atoms with Gasteiger partial charge in [0, 0.05) is 11.8 Å². The van der Waals surface area contributed by atoms with Gasteiger partial charge in [0.1, 0.15) is 5.82 Å². The monoisotopic (exact) mass is 447 g/mol. The maximum Gasteiger partial charge on any atom is 0.422 e. The van der Waals surface area contributed by atoms with Crippen LogP contribution < -0.4 is 15.4 Å². The van der Waals surface area contributed by atoms with Crippen LogP contribution in [0.15, 0.2) is 36.4 Å². The number of rotatable bonds is 4. The molecule has 2 N–H and O–H groups in total. The van der Waals surface area contributed by atoms with Crippen LogP contribution in [-0.2, 0) is 12.4 Å². The van der Waals surface area contributed by atoms with Gasteiger partial charge < -0.3 is 10.1 Å². The molecule has 0 fully saturated rings. The maximum atomic E-state index is 12.9. The molecule has 2 rings (SSSR count). The molecule has 0 aliphatic heterocycles. The van der Waals surface area contributed by atoms with Crippen molar-refractivity contribution in [1.82, 2.24) is 4.98 Å². The van der Waals surface area contributed by atoms with Crippen molar-refractivity contribution in [3.63, 3.8) is 0 Å². The fourth-order valence-electron chi connectivity index (χ4n) is 1.98. The zero-order valence-electron chi connectivity index (χ0n) is 14.3. The lowest BCUT2D eigenvalue weighted by Crippen LogP contribution is -2.22. The first kappa shape index (κ1) is 23.1. The Balaban J connectivity index is 2.16. The van der Waals surface area contributed by atoms with E-state index in [2.05, 4.69) is 9.72 Å². The SMILES string of the molecule is O=C(Nc1ccc(C(F)(F)F)cc1)Nc1cc(C(F)(F)F)cc(OCC(F)(F)F)n1. The number of hydrogen-bond donors (Lipinski definition) is 2. The topological polar surface area (TPSA) is 63.2 Å². The summed E-state index contributed by atoms with van der Waals surface area (Å²) in [5, 5.41) is 3.88. The molecular weight excluding hydrogens is 437 g/mol. The van der Waals surface area contributed by atoms with E-state index in [0.717, 1.165) is 12.1 Å². The van der Waals surface area contributed by atoms with Crippen LogP contribution in [0.3, 0.4) is 0 Å². The van der Waals surface area contributed by atoms with Crippen molar-refractivity contribution in [1.29, 1.82) is 0 Å². The highest BCUT2D eigenvalue weighted by atomic mass is 19.4. The molecule has 0 unspecified atom stereocenters. The van der Waals surface area contributed by atoms with E-state index in [9.17, 15) is 44.3 Å². The Morgan fingerprint density at radius 3 is 1.90 bits per heavy atom. The number of pyridine rings is 1. The number of nitrogens with one attached hydrogen (secondary N) is 2. The number of anilines is 2. The second-order valence-electron chi connectivity index (χ2n) is 5.64. The fourth-order valence-corrected chi connectivity index (χ4v) is 1.98. The van der Waals surface area contributed by atoms with Gasteiger partial charge in [-0.3, -0.25) is 5.32 Å². The van der Waals surface area contributed by atoms with Crippen molar-refractivity contribution >= 4 is 17.5 Å². The lowest BCUT2D eigenvalue weighted by Gasteiger charge is -2.14. The molecule has 2 aromatic rings. The Bertz CT molecular complexity index is 891. The average molecular weight is 447 g/mol. The predicted octanol–water partition coefficient (Wildman–Crippen LogP) is 5.70. The van der Waals surface area contributed by atoms with Gasteiger partial charge in [0.25, 0.3) is 0 Å². The number of ether oxygens (including phenoxy) is 1. The van der Waals surface area contributed by atoms with Gasteiger partial charge in [-0.15, -0.1) is 0 Å². The molecule has 0 aliphatic carbocycles. The summed E-state index contributed by atoms with van der Waals surface area (Å²) >= 11 is 0. The first-order valence-electron chi connectivity index (χ1n) is 7.67. The van der Waals surface area contributed by atoms with Crippen molar-refractivity contribution in [3.8, 4) is 5.88 Å². The number of benzene rings is 1. The Labute approximate surface area is 161 Å². The zero-order valence-corrected chi connectivity index (χ0v) is 14.3. The third kappa shape index (κ3) is 7.00. The highest BCUT2D eigenvalue weighted by molar-refractivity contribution is 5.99. The molecule has 164 valence electrons. The number of carbonyl (C=O) groups excluding carboxylic acids is 1. The minimum atomic E-state index is -4.99. The van der Waals surface area contributed by atoms with Crippen LogP contribution in [0.2, 0.25) is 0 Å². The summed E-state index contributed by atoms with van der Waals surface area (Å²) in [4.78, 5) is 15.2. The molecule has 5 nitrogen and oxygen atoms in total. The number of nitrogens with zero attached hydrogens (tertiary/aromatic N) is 1. The molecule has 0 bridgehead atoms. The molecule has 2 amide bonds. The first-order valence-corrected chi connectivity index (χ1v) is 7.67. The van der Waals surface area contributed by atoms with E-state index in [1.54, 1.807) is 0 Å². The number of halogens is 9. The maximum absolute atomic E-state index is 12.9. The smallest absolute Gasteiger partial charge is 0.422 e. The van der Waals surface area contributed by atoms with Gasteiger partial charge in [0.2, 0.25) is 5.88 Å². The Morgan fingerprint density at radius 1 is 0.833 bits per heavy atom. The van der Waals surface area contributed by atoms with Gasteiger partial charge in [-0.2, -0.15) is 44.5 Å². The molecule has 30 heavy (non-hydrogen) atoms. The summed E-state index contributed by atoms with van der Waals surface area (Å²) in [5.41, 5.74) is -2.58. The predicted molar refractivity (Wildman–Crippen MR) is 84.9 cm³/mol. The van der Waals surface area contributed by atoms with Crippen molar-refractivity contribution in [2.45, 2.75) is 18.5 Å². The summed E-state index contributed by atoms with van der Waals surface area (Å²) in [7, 11) is 0. The molecule has 1 aromatic carbocycles. The summed E-state index contributed by atoms with van der Waals surface area (Å²) < 4.78 is 117. The second-order valence-corrected chi connectivity index (χ2v) is 5.64. The number of aromatic nitrogens is 1. The fraction of sp³-hybridized carbons (Fsp3) is 0.250. The number of carbonyl (C=O) groups is 1.